The van der Waals surface area contributed by atoms with Gasteiger partial charge in [0.15, 0.2) is 5.16 Å². The fourth-order valence-corrected chi connectivity index (χ4v) is 2.25. The normalized spacial score (nSPS) is 10.9. The molecule has 16 heavy (non-hydrogen) atoms. The van der Waals surface area contributed by atoms with Crippen LogP contribution in [0.3, 0.4) is 0 Å². The van der Waals surface area contributed by atoms with Crippen LogP contribution in [0.5, 0.6) is 5.75 Å². The van der Waals surface area contributed by atoms with Crippen molar-refractivity contribution in [3.8, 4) is 5.75 Å². The van der Waals surface area contributed by atoms with Crippen molar-refractivity contribution in [2.75, 3.05) is 26.5 Å². The van der Waals surface area contributed by atoms with Gasteiger partial charge in [-0.2, -0.15) is 0 Å². The lowest BCUT2D eigenvalue weighted by atomic mass is 10.3. The van der Waals surface area contributed by atoms with Crippen molar-refractivity contribution < 1.29 is 4.74 Å². The van der Waals surface area contributed by atoms with Crippen molar-refractivity contribution in [3.63, 3.8) is 0 Å². The summed E-state index contributed by atoms with van der Waals surface area (Å²) >= 11 is 1.71. The maximum absolute atomic E-state index is 5.17. The number of aromatic amines is 1. The number of nitrogens with zero attached hydrogens (tertiary/aromatic N) is 1. The molecule has 0 radical (unpaired) electrons. The molecule has 0 fully saturated rings. The summed E-state index contributed by atoms with van der Waals surface area (Å²) in [7, 11) is 3.62. The Morgan fingerprint density at radius 1 is 1.50 bits per heavy atom. The summed E-state index contributed by atoms with van der Waals surface area (Å²) in [6.07, 6.45) is 0. The van der Waals surface area contributed by atoms with Crippen LogP contribution in [0.4, 0.5) is 0 Å². The number of aromatic nitrogens is 2. The van der Waals surface area contributed by atoms with Crippen molar-refractivity contribution in [1.82, 2.24) is 15.3 Å². The Balaban J connectivity index is 2.16. The number of fused-ring (bicyclic) bond motifs is 1. The molecule has 2 aromatic rings. The summed E-state index contributed by atoms with van der Waals surface area (Å²) in [4.78, 5) is 7.76. The predicted octanol–water partition coefficient (Wildman–Crippen LogP) is 1.88. The van der Waals surface area contributed by atoms with Crippen molar-refractivity contribution in [3.05, 3.63) is 18.2 Å². The van der Waals surface area contributed by atoms with E-state index in [9.17, 15) is 0 Å². The van der Waals surface area contributed by atoms with Crippen LogP contribution >= 0.6 is 11.8 Å². The minimum atomic E-state index is 0.850. The lowest BCUT2D eigenvalue weighted by Crippen LogP contribution is -2.09. The standard InChI is InChI=1S/C11H15N3OS/c1-12-5-6-16-11-13-9-4-3-8(15-2)7-10(9)14-11/h3-4,7,12H,5-6H2,1-2H3,(H,13,14). The lowest BCUT2D eigenvalue weighted by Gasteiger charge is -1.96. The summed E-state index contributed by atoms with van der Waals surface area (Å²) in [6.45, 7) is 0.977. The smallest absolute Gasteiger partial charge is 0.166 e. The van der Waals surface area contributed by atoms with Crippen LogP contribution < -0.4 is 10.1 Å². The van der Waals surface area contributed by atoms with Gasteiger partial charge in [0.1, 0.15) is 5.75 Å². The van der Waals surface area contributed by atoms with E-state index in [0.29, 0.717) is 0 Å². The Kier molecular flexibility index (Phi) is 3.69. The molecule has 2 N–H and O–H groups in total. The van der Waals surface area contributed by atoms with Gasteiger partial charge in [-0.25, -0.2) is 4.98 Å². The third kappa shape index (κ3) is 2.48. The highest BCUT2D eigenvalue weighted by atomic mass is 32.2. The SMILES string of the molecule is CNCCSc1nc2ccc(OC)cc2[nH]1. The third-order valence-corrected chi connectivity index (χ3v) is 3.13. The fraction of sp³-hybridized carbons (Fsp3) is 0.364. The van der Waals surface area contributed by atoms with Crippen molar-refractivity contribution in [1.29, 1.82) is 0 Å². The Bertz CT molecular complexity index is 469. The number of H-pyrrole nitrogens is 1. The van der Waals surface area contributed by atoms with Gasteiger partial charge in [0, 0.05) is 18.4 Å². The number of imidazole rings is 1. The van der Waals surface area contributed by atoms with Gasteiger partial charge in [0.05, 0.1) is 18.1 Å². The number of rotatable bonds is 5. The molecule has 0 aliphatic rings. The molecule has 0 aliphatic carbocycles. The average Bonchev–Trinajstić information content (AvgIpc) is 2.70. The van der Waals surface area contributed by atoms with E-state index >= 15 is 0 Å². The lowest BCUT2D eigenvalue weighted by molar-refractivity contribution is 0.415. The number of ether oxygens (including phenoxy) is 1. The highest BCUT2D eigenvalue weighted by molar-refractivity contribution is 7.99. The second kappa shape index (κ2) is 5.23. The van der Waals surface area contributed by atoms with E-state index in [-0.39, 0.29) is 0 Å². The predicted molar refractivity (Wildman–Crippen MR) is 67.3 cm³/mol. The molecule has 86 valence electrons. The van der Waals surface area contributed by atoms with E-state index in [1.807, 2.05) is 25.2 Å². The fourth-order valence-electron chi connectivity index (χ4n) is 1.41. The first-order chi connectivity index (χ1) is 7.83. The van der Waals surface area contributed by atoms with Gasteiger partial charge >= 0.3 is 0 Å². The van der Waals surface area contributed by atoms with Gasteiger partial charge in [0.25, 0.3) is 0 Å². The monoisotopic (exact) mass is 237 g/mol. The molecule has 0 bridgehead atoms. The molecule has 0 amide bonds. The largest absolute Gasteiger partial charge is 0.497 e. The summed E-state index contributed by atoms with van der Waals surface area (Å²) in [5.74, 6) is 1.86. The third-order valence-electron chi connectivity index (χ3n) is 2.26. The minimum Gasteiger partial charge on any atom is -0.497 e. The number of hydrogen-bond donors (Lipinski definition) is 2. The van der Waals surface area contributed by atoms with Crippen LogP contribution in [0, 0.1) is 0 Å². The number of hydrogen-bond acceptors (Lipinski definition) is 4. The Hall–Kier alpha value is -1.20. The van der Waals surface area contributed by atoms with Crippen LogP contribution in [-0.2, 0) is 0 Å². The molecule has 0 saturated heterocycles. The van der Waals surface area contributed by atoms with E-state index in [1.165, 1.54) is 0 Å². The Morgan fingerprint density at radius 3 is 3.12 bits per heavy atom. The van der Waals surface area contributed by atoms with E-state index in [0.717, 1.165) is 34.2 Å². The van der Waals surface area contributed by atoms with Crippen molar-refractivity contribution in [2.45, 2.75) is 5.16 Å². The maximum Gasteiger partial charge on any atom is 0.166 e. The van der Waals surface area contributed by atoms with Crippen molar-refractivity contribution in [2.24, 2.45) is 0 Å². The van der Waals surface area contributed by atoms with E-state index in [4.69, 9.17) is 4.74 Å². The molecule has 0 unspecified atom stereocenters. The molecule has 4 nitrogen and oxygen atoms in total. The average molecular weight is 237 g/mol. The minimum absolute atomic E-state index is 0.850. The molecule has 5 heteroatoms. The van der Waals surface area contributed by atoms with E-state index < -0.39 is 0 Å². The molecule has 0 aliphatic heterocycles. The molecule has 1 aromatic heterocycles. The number of methoxy groups -OCH3 is 1. The van der Waals surface area contributed by atoms with Gasteiger partial charge in [-0.05, 0) is 19.2 Å². The van der Waals surface area contributed by atoms with Gasteiger partial charge in [-0.3, -0.25) is 0 Å². The number of thioether (sulfide) groups is 1. The Morgan fingerprint density at radius 2 is 2.38 bits per heavy atom. The molecule has 0 spiro atoms. The van der Waals surface area contributed by atoms with Gasteiger partial charge in [0.2, 0.25) is 0 Å². The molecular weight excluding hydrogens is 222 g/mol. The summed E-state index contributed by atoms with van der Waals surface area (Å²) in [6, 6.07) is 5.85. The number of benzene rings is 1. The molecule has 0 saturated carbocycles. The maximum atomic E-state index is 5.17. The molecule has 2 rings (SSSR count). The summed E-state index contributed by atoms with van der Waals surface area (Å²) in [5, 5.41) is 4.06. The molecular formula is C11H15N3OS. The van der Waals surface area contributed by atoms with Crippen LogP contribution in [0.2, 0.25) is 0 Å². The van der Waals surface area contributed by atoms with Crippen LogP contribution in [0.15, 0.2) is 23.4 Å². The topological polar surface area (TPSA) is 49.9 Å². The number of nitrogens with one attached hydrogen (secondary N) is 2. The van der Waals surface area contributed by atoms with Crippen molar-refractivity contribution >= 4 is 22.8 Å². The highest BCUT2D eigenvalue weighted by Gasteiger charge is 2.03. The van der Waals surface area contributed by atoms with Crippen LogP contribution in [0.1, 0.15) is 0 Å². The molecule has 1 heterocycles. The van der Waals surface area contributed by atoms with Crippen LogP contribution in [-0.4, -0.2) is 36.4 Å². The van der Waals surface area contributed by atoms with E-state index in [1.54, 1.807) is 18.9 Å². The van der Waals surface area contributed by atoms with Crippen LogP contribution in [0.25, 0.3) is 11.0 Å². The van der Waals surface area contributed by atoms with Gasteiger partial charge < -0.3 is 15.0 Å². The molecule has 1 aromatic carbocycles. The quantitative estimate of drug-likeness (QED) is 0.616. The zero-order chi connectivity index (χ0) is 11.4. The highest BCUT2D eigenvalue weighted by Crippen LogP contribution is 2.22. The first kappa shape index (κ1) is 11.3. The zero-order valence-corrected chi connectivity index (χ0v) is 10.2. The second-order valence-corrected chi connectivity index (χ2v) is 4.46. The molecule has 0 atom stereocenters. The summed E-state index contributed by atoms with van der Waals surface area (Å²) < 4.78 is 5.17. The van der Waals surface area contributed by atoms with Gasteiger partial charge in [-0.15, -0.1) is 0 Å². The summed E-state index contributed by atoms with van der Waals surface area (Å²) in [5.41, 5.74) is 2.00. The first-order valence-corrected chi connectivity index (χ1v) is 6.13. The second-order valence-electron chi connectivity index (χ2n) is 3.38. The van der Waals surface area contributed by atoms with E-state index in [2.05, 4.69) is 15.3 Å². The zero-order valence-electron chi connectivity index (χ0n) is 9.41. The first-order valence-electron chi connectivity index (χ1n) is 5.14. The Labute approximate surface area is 98.8 Å². The van der Waals surface area contributed by atoms with Gasteiger partial charge in [-0.1, -0.05) is 11.8 Å².